The Balaban J connectivity index is 2.77. The second-order valence-electron chi connectivity index (χ2n) is 2.18. The minimum absolute atomic E-state index is 0.298. The Kier molecular flexibility index (Phi) is 3.56. The van der Waals surface area contributed by atoms with Gasteiger partial charge in [0.25, 0.3) is 0 Å². The van der Waals surface area contributed by atoms with Gasteiger partial charge in [0.05, 0.1) is 6.42 Å². The van der Waals surface area contributed by atoms with Gasteiger partial charge in [-0.2, -0.15) is 0 Å². The second-order valence-corrected chi connectivity index (χ2v) is 3.10. The van der Waals surface area contributed by atoms with Crippen LogP contribution < -0.4 is 0 Å². The van der Waals surface area contributed by atoms with Crippen LogP contribution in [0.3, 0.4) is 0 Å². The van der Waals surface area contributed by atoms with Gasteiger partial charge in [0.15, 0.2) is 0 Å². The summed E-state index contributed by atoms with van der Waals surface area (Å²) in [5.41, 5.74) is 0.922. The lowest BCUT2D eigenvalue weighted by Crippen LogP contribution is -1.73. The van der Waals surface area contributed by atoms with E-state index in [-0.39, 0.29) is 0 Å². The van der Waals surface area contributed by atoms with Crippen LogP contribution in [0.15, 0.2) is 28.7 Å². The molecule has 60 valence electrons. The van der Waals surface area contributed by atoms with Crippen LogP contribution in [-0.2, 0) is 4.79 Å². The topological polar surface area (TPSA) is 17.1 Å². The van der Waals surface area contributed by atoms with Gasteiger partial charge in [-0.05, 0) is 18.2 Å². The molecule has 0 saturated heterocycles. The molecule has 0 radical (unpaired) electrons. The molecule has 0 fully saturated rings. The van der Waals surface area contributed by atoms with Crippen LogP contribution in [0.25, 0.3) is 0 Å². The third-order valence-corrected chi connectivity index (χ3v) is 1.74. The lowest BCUT2D eigenvalue weighted by Gasteiger charge is -1.89. The molecular formula is C10H7BrO. The highest BCUT2D eigenvalue weighted by Gasteiger charge is 1.86. The lowest BCUT2D eigenvalue weighted by molar-refractivity contribution is -0.107. The van der Waals surface area contributed by atoms with E-state index in [1.165, 1.54) is 0 Å². The summed E-state index contributed by atoms with van der Waals surface area (Å²) in [5.74, 6) is 5.61. The van der Waals surface area contributed by atoms with E-state index in [9.17, 15) is 4.79 Å². The minimum Gasteiger partial charge on any atom is -0.302 e. The van der Waals surface area contributed by atoms with Gasteiger partial charge >= 0.3 is 0 Å². The number of carbonyl (C=O) groups excluding carboxylic acids is 1. The lowest BCUT2D eigenvalue weighted by atomic mass is 10.2. The number of carbonyl (C=O) groups is 1. The molecule has 0 unspecified atom stereocenters. The fraction of sp³-hybridized carbons (Fsp3) is 0.100. The van der Waals surface area contributed by atoms with E-state index in [0.29, 0.717) is 6.42 Å². The van der Waals surface area contributed by atoms with Gasteiger partial charge in [-0.25, -0.2) is 0 Å². The van der Waals surface area contributed by atoms with Crippen molar-refractivity contribution in [2.45, 2.75) is 6.42 Å². The van der Waals surface area contributed by atoms with E-state index >= 15 is 0 Å². The van der Waals surface area contributed by atoms with E-state index in [1.54, 1.807) is 0 Å². The van der Waals surface area contributed by atoms with Crippen molar-refractivity contribution < 1.29 is 4.79 Å². The van der Waals surface area contributed by atoms with E-state index in [0.717, 1.165) is 16.3 Å². The summed E-state index contributed by atoms with van der Waals surface area (Å²) in [6.07, 6.45) is 1.09. The van der Waals surface area contributed by atoms with Crippen molar-refractivity contribution in [3.05, 3.63) is 34.3 Å². The SMILES string of the molecule is O=CCC#Cc1cccc(Br)c1. The van der Waals surface area contributed by atoms with E-state index in [2.05, 4.69) is 27.8 Å². The van der Waals surface area contributed by atoms with Crippen LogP contribution in [0, 0.1) is 11.8 Å². The molecule has 1 aromatic rings. The predicted octanol–water partition coefficient (Wildman–Crippen LogP) is 2.39. The maximum absolute atomic E-state index is 9.95. The molecule has 0 bridgehead atoms. The standard InChI is InChI=1S/C10H7BrO/c11-10-6-3-5-9(8-10)4-1-2-7-12/h3,5-8H,2H2. The first kappa shape index (κ1) is 9.02. The molecule has 0 N–H and O–H groups in total. The largest absolute Gasteiger partial charge is 0.302 e. The fourth-order valence-electron chi connectivity index (χ4n) is 0.761. The van der Waals surface area contributed by atoms with E-state index in [4.69, 9.17) is 0 Å². The van der Waals surface area contributed by atoms with Crippen molar-refractivity contribution in [2.75, 3.05) is 0 Å². The Labute approximate surface area is 79.9 Å². The summed E-state index contributed by atoms with van der Waals surface area (Å²) in [6, 6.07) is 7.67. The van der Waals surface area contributed by atoms with Crippen LogP contribution in [0.2, 0.25) is 0 Å². The van der Waals surface area contributed by atoms with Crippen molar-refractivity contribution in [1.29, 1.82) is 0 Å². The van der Waals surface area contributed by atoms with Crippen molar-refractivity contribution in [2.24, 2.45) is 0 Å². The molecular weight excluding hydrogens is 216 g/mol. The van der Waals surface area contributed by atoms with Gasteiger partial charge in [0, 0.05) is 10.0 Å². The molecule has 0 aliphatic carbocycles. The zero-order chi connectivity index (χ0) is 8.81. The number of rotatable bonds is 1. The number of aldehydes is 1. The molecule has 0 amide bonds. The van der Waals surface area contributed by atoms with Crippen LogP contribution in [0.1, 0.15) is 12.0 Å². The first-order valence-corrected chi connectivity index (χ1v) is 4.30. The van der Waals surface area contributed by atoms with Gasteiger partial charge in [-0.1, -0.05) is 33.8 Å². The van der Waals surface area contributed by atoms with Crippen molar-refractivity contribution >= 4 is 22.2 Å². The minimum atomic E-state index is 0.298. The van der Waals surface area contributed by atoms with Crippen molar-refractivity contribution in [3.63, 3.8) is 0 Å². The molecule has 2 heteroatoms. The summed E-state index contributed by atoms with van der Waals surface area (Å²) in [4.78, 5) is 9.95. The fourth-order valence-corrected chi connectivity index (χ4v) is 1.16. The molecule has 0 heterocycles. The number of hydrogen-bond acceptors (Lipinski definition) is 1. The third-order valence-electron chi connectivity index (χ3n) is 1.24. The summed E-state index contributed by atoms with van der Waals surface area (Å²) in [7, 11) is 0. The Morgan fingerprint density at radius 1 is 1.50 bits per heavy atom. The second kappa shape index (κ2) is 4.74. The monoisotopic (exact) mass is 222 g/mol. The average Bonchev–Trinajstić information content (AvgIpc) is 2.05. The molecule has 1 aromatic carbocycles. The molecule has 0 atom stereocenters. The molecule has 12 heavy (non-hydrogen) atoms. The normalized spacial score (nSPS) is 8.42. The van der Waals surface area contributed by atoms with Gasteiger partial charge in [-0.3, -0.25) is 0 Å². The maximum Gasteiger partial charge on any atom is 0.131 e. The molecule has 0 spiro atoms. The molecule has 1 nitrogen and oxygen atoms in total. The maximum atomic E-state index is 9.95. The molecule has 0 aliphatic rings. The van der Waals surface area contributed by atoms with Crippen molar-refractivity contribution in [3.8, 4) is 11.8 Å². The van der Waals surface area contributed by atoms with Crippen molar-refractivity contribution in [1.82, 2.24) is 0 Å². The highest BCUT2D eigenvalue weighted by atomic mass is 79.9. The van der Waals surface area contributed by atoms with Crippen LogP contribution in [0.4, 0.5) is 0 Å². The Bertz CT molecular complexity index is 333. The Morgan fingerprint density at radius 2 is 2.33 bits per heavy atom. The highest BCUT2D eigenvalue weighted by Crippen LogP contribution is 2.10. The molecule has 0 aromatic heterocycles. The summed E-state index contributed by atoms with van der Waals surface area (Å²) >= 11 is 3.33. The Hall–Kier alpha value is -1.07. The summed E-state index contributed by atoms with van der Waals surface area (Å²) < 4.78 is 1.00. The summed E-state index contributed by atoms with van der Waals surface area (Å²) in [5, 5.41) is 0. The van der Waals surface area contributed by atoms with Crippen LogP contribution in [-0.4, -0.2) is 6.29 Å². The third kappa shape index (κ3) is 2.89. The van der Waals surface area contributed by atoms with Gasteiger partial charge in [-0.15, -0.1) is 0 Å². The highest BCUT2D eigenvalue weighted by molar-refractivity contribution is 9.10. The van der Waals surface area contributed by atoms with Gasteiger partial charge < -0.3 is 4.79 Å². The quantitative estimate of drug-likeness (QED) is 0.527. The first-order valence-electron chi connectivity index (χ1n) is 3.51. The van der Waals surface area contributed by atoms with Gasteiger partial charge in [0.2, 0.25) is 0 Å². The number of halogens is 1. The molecule has 0 aliphatic heterocycles. The summed E-state index contributed by atoms with van der Waals surface area (Å²) in [6.45, 7) is 0. The molecule has 1 rings (SSSR count). The van der Waals surface area contributed by atoms with E-state index in [1.807, 2.05) is 24.3 Å². The van der Waals surface area contributed by atoms with Crippen LogP contribution >= 0.6 is 15.9 Å². The van der Waals surface area contributed by atoms with Gasteiger partial charge in [0.1, 0.15) is 6.29 Å². The zero-order valence-electron chi connectivity index (χ0n) is 6.38. The number of benzene rings is 1. The first-order chi connectivity index (χ1) is 5.83. The van der Waals surface area contributed by atoms with E-state index < -0.39 is 0 Å². The van der Waals surface area contributed by atoms with Crippen LogP contribution in [0.5, 0.6) is 0 Å². The number of hydrogen-bond donors (Lipinski definition) is 0. The zero-order valence-corrected chi connectivity index (χ0v) is 7.97. The molecule has 0 saturated carbocycles. The predicted molar refractivity (Wildman–Crippen MR) is 51.7 cm³/mol. The smallest absolute Gasteiger partial charge is 0.131 e. The Morgan fingerprint density at radius 3 is 3.00 bits per heavy atom. The average molecular weight is 223 g/mol.